The molecule has 1 fully saturated rings. The summed E-state index contributed by atoms with van der Waals surface area (Å²) < 4.78 is 18.7. The Balaban J connectivity index is 1.51. The van der Waals surface area contributed by atoms with Crippen LogP contribution < -0.4 is 15.0 Å². The zero-order valence-electron chi connectivity index (χ0n) is 14.3. The minimum atomic E-state index is -0.464. The molecule has 0 aliphatic carbocycles. The van der Waals surface area contributed by atoms with Crippen LogP contribution in [0.5, 0.6) is 5.75 Å². The number of carbonyl (C=O) groups is 1. The molecule has 0 aromatic heterocycles. The third kappa shape index (κ3) is 5.03. The lowest BCUT2D eigenvalue weighted by atomic mass is 10.1. The summed E-state index contributed by atoms with van der Waals surface area (Å²) in [5.74, 6) is -0.628. The first-order valence-corrected chi connectivity index (χ1v) is 8.77. The molecule has 1 heterocycles. The van der Waals surface area contributed by atoms with E-state index in [-0.39, 0.29) is 18.3 Å². The number of amides is 1. The van der Waals surface area contributed by atoms with Gasteiger partial charge >= 0.3 is 0 Å². The number of para-hydroxylation sites is 1. The van der Waals surface area contributed by atoms with Gasteiger partial charge in [0.15, 0.2) is 18.2 Å². The number of carbonyl (C=O) groups excluding carboxylic acids is 1. The van der Waals surface area contributed by atoms with Crippen molar-refractivity contribution in [3.8, 4) is 5.75 Å². The molecule has 25 heavy (non-hydrogen) atoms. The van der Waals surface area contributed by atoms with Gasteiger partial charge in [-0.3, -0.25) is 4.79 Å². The summed E-state index contributed by atoms with van der Waals surface area (Å²) in [5, 5.41) is 2.86. The maximum atomic E-state index is 13.5. The maximum Gasteiger partial charge on any atom is 0.258 e. The van der Waals surface area contributed by atoms with E-state index in [2.05, 4.69) is 11.4 Å². The van der Waals surface area contributed by atoms with Crippen LogP contribution in [0.3, 0.4) is 0 Å². The number of hydrogen-bond acceptors (Lipinski definition) is 2. The molecule has 1 aliphatic rings. The van der Waals surface area contributed by atoms with Crippen LogP contribution >= 0.6 is 0 Å². The number of hydrogen-bond donors (Lipinski definition) is 2. The fourth-order valence-electron chi connectivity index (χ4n) is 3.17. The van der Waals surface area contributed by atoms with Crippen molar-refractivity contribution in [2.24, 2.45) is 0 Å². The van der Waals surface area contributed by atoms with Crippen molar-refractivity contribution in [2.45, 2.75) is 25.9 Å². The Morgan fingerprint density at radius 3 is 2.48 bits per heavy atom. The van der Waals surface area contributed by atoms with Gasteiger partial charge in [-0.2, -0.15) is 0 Å². The van der Waals surface area contributed by atoms with E-state index in [9.17, 15) is 9.18 Å². The molecular weight excluding hydrogens is 319 g/mol. The Morgan fingerprint density at radius 1 is 1.04 bits per heavy atom. The van der Waals surface area contributed by atoms with Crippen LogP contribution in [-0.2, 0) is 17.9 Å². The third-order valence-electron chi connectivity index (χ3n) is 4.54. The van der Waals surface area contributed by atoms with Gasteiger partial charge in [-0.05, 0) is 17.7 Å². The van der Waals surface area contributed by atoms with Crippen LogP contribution in [-0.4, -0.2) is 25.6 Å². The molecule has 4 nitrogen and oxygen atoms in total. The Labute approximate surface area is 147 Å². The molecule has 0 saturated carbocycles. The predicted molar refractivity (Wildman–Crippen MR) is 93.8 cm³/mol. The molecule has 1 aliphatic heterocycles. The lowest BCUT2D eigenvalue weighted by Crippen LogP contribution is -3.08. The van der Waals surface area contributed by atoms with E-state index in [1.807, 2.05) is 18.2 Å². The molecule has 2 aromatic rings. The summed E-state index contributed by atoms with van der Waals surface area (Å²) in [6.07, 6.45) is 2.59. The van der Waals surface area contributed by atoms with Gasteiger partial charge in [-0.25, -0.2) is 4.39 Å². The highest BCUT2D eigenvalue weighted by Crippen LogP contribution is 2.15. The third-order valence-corrected chi connectivity index (χ3v) is 4.54. The SMILES string of the molecule is O=C(COc1ccccc1F)NCc1ccccc1C[NH+]1CCCC1. The first-order valence-electron chi connectivity index (χ1n) is 8.77. The van der Waals surface area contributed by atoms with E-state index in [1.54, 1.807) is 17.0 Å². The van der Waals surface area contributed by atoms with E-state index in [0.717, 1.165) is 12.1 Å². The standard InChI is InChI=1S/C20H23FN2O2/c21-18-9-3-4-10-19(18)25-15-20(24)22-13-16-7-1-2-8-17(16)14-23-11-5-6-12-23/h1-4,7-10H,5-6,11-15H2,(H,22,24)/p+1. The first-order chi connectivity index (χ1) is 12.2. The summed E-state index contributed by atoms with van der Waals surface area (Å²) in [5.41, 5.74) is 2.40. The summed E-state index contributed by atoms with van der Waals surface area (Å²) in [6, 6.07) is 14.3. The second-order valence-corrected chi connectivity index (χ2v) is 6.40. The molecule has 0 atom stereocenters. The number of quaternary nitrogens is 1. The molecule has 0 bridgehead atoms. The molecule has 2 N–H and O–H groups in total. The number of nitrogens with one attached hydrogen (secondary N) is 2. The molecular formula is C20H24FN2O2+. The minimum absolute atomic E-state index is 0.0932. The zero-order chi connectivity index (χ0) is 17.5. The van der Waals surface area contributed by atoms with Crippen LogP contribution in [0.2, 0.25) is 0 Å². The van der Waals surface area contributed by atoms with Crippen molar-refractivity contribution in [1.82, 2.24) is 5.32 Å². The lowest BCUT2D eigenvalue weighted by Gasteiger charge is -2.15. The van der Waals surface area contributed by atoms with Gasteiger partial charge in [0.25, 0.3) is 5.91 Å². The Kier molecular flexibility index (Phi) is 6.01. The molecule has 0 radical (unpaired) electrons. The van der Waals surface area contributed by atoms with Gasteiger partial charge in [0.1, 0.15) is 6.54 Å². The van der Waals surface area contributed by atoms with E-state index in [0.29, 0.717) is 6.54 Å². The monoisotopic (exact) mass is 343 g/mol. The minimum Gasteiger partial charge on any atom is -0.481 e. The van der Waals surface area contributed by atoms with Crippen molar-refractivity contribution >= 4 is 5.91 Å². The number of benzene rings is 2. The average molecular weight is 343 g/mol. The van der Waals surface area contributed by atoms with Gasteiger partial charge in [-0.15, -0.1) is 0 Å². The predicted octanol–water partition coefficient (Wildman–Crippen LogP) is 1.70. The summed E-state index contributed by atoms with van der Waals surface area (Å²) in [7, 11) is 0. The summed E-state index contributed by atoms with van der Waals surface area (Å²) >= 11 is 0. The molecule has 132 valence electrons. The Morgan fingerprint density at radius 2 is 1.72 bits per heavy atom. The second-order valence-electron chi connectivity index (χ2n) is 6.40. The van der Waals surface area contributed by atoms with Crippen LogP contribution in [0.25, 0.3) is 0 Å². The smallest absolute Gasteiger partial charge is 0.258 e. The van der Waals surface area contributed by atoms with E-state index < -0.39 is 5.82 Å². The number of halogens is 1. The Hall–Kier alpha value is -2.40. The number of likely N-dealkylation sites (tertiary alicyclic amines) is 1. The average Bonchev–Trinajstić information content (AvgIpc) is 3.13. The second kappa shape index (κ2) is 8.62. The van der Waals surface area contributed by atoms with Crippen molar-refractivity contribution < 1.29 is 18.8 Å². The molecule has 3 rings (SSSR count). The van der Waals surface area contributed by atoms with Gasteiger partial charge < -0.3 is 15.0 Å². The topological polar surface area (TPSA) is 42.8 Å². The van der Waals surface area contributed by atoms with Crippen molar-refractivity contribution in [1.29, 1.82) is 0 Å². The number of rotatable bonds is 7. The molecule has 2 aromatic carbocycles. The summed E-state index contributed by atoms with van der Waals surface area (Å²) in [4.78, 5) is 13.6. The highest BCUT2D eigenvalue weighted by Gasteiger charge is 2.17. The normalized spacial score (nSPS) is 14.4. The molecule has 0 spiro atoms. The van der Waals surface area contributed by atoms with Crippen molar-refractivity contribution in [3.63, 3.8) is 0 Å². The fourth-order valence-corrected chi connectivity index (χ4v) is 3.17. The molecule has 1 saturated heterocycles. The van der Waals surface area contributed by atoms with Gasteiger partial charge in [0.05, 0.1) is 13.1 Å². The van der Waals surface area contributed by atoms with Crippen molar-refractivity contribution in [2.75, 3.05) is 19.7 Å². The molecule has 1 amide bonds. The summed E-state index contributed by atoms with van der Waals surface area (Å²) in [6.45, 7) is 3.70. The fraction of sp³-hybridized carbons (Fsp3) is 0.350. The van der Waals surface area contributed by atoms with E-state index in [1.165, 1.54) is 43.6 Å². The van der Waals surface area contributed by atoms with Crippen LogP contribution in [0, 0.1) is 5.82 Å². The first kappa shape index (κ1) is 17.4. The quantitative estimate of drug-likeness (QED) is 0.804. The maximum absolute atomic E-state index is 13.5. The highest BCUT2D eigenvalue weighted by atomic mass is 19.1. The molecule has 0 unspecified atom stereocenters. The largest absolute Gasteiger partial charge is 0.481 e. The number of ether oxygens (including phenoxy) is 1. The van der Waals surface area contributed by atoms with E-state index in [4.69, 9.17) is 4.74 Å². The zero-order valence-corrected chi connectivity index (χ0v) is 14.3. The van der Waals surface area contributed by atoms with Crippen LogP contribution in [0.15, 0.2) is 48.5 Å². The van der Waals surface area contributed by atoms with Gasteiger partial charge in [0, 0.05) is 24.9 Å². The van der Waals surface area contributed by atoms with Crippen molar-refractivity contribution in [3.05, 3.63) is 65.5 Å². The van der Waals surface area contributed by atoms with Crippen LogP contribution in [0.1, 0.15) is 24.0 Å². The van der Waals surface area contributed by atoms with Crippen LogP contribution in [0.4, 0.5) is 4.39 Å². The van der Waals surface area contributed by atoms with Gasteiger partial charge in [-0.1, -0.05) is 36.4 Å². The lowest BCUT2D eigenvalue weighted by molar-refractivity contribution is -0.901. The highest BCUT2D eigenvalue weighted by molar-refractivity contribution is 5.77. The Bertz CT molecular complexity index is 714. The molecule has 5 heteroatoms. The van der Waals surface area contributed by atoms with Gasteiger partial charge in [0.2, 0.25) is 0 Å². The van der Waals surface area contributed by atoms with E-state index >= 15 is 0 Å².